The molecule has 16 heteroatoms. The van der Waals surface area contributed by atoms with Crippen molar-refractivity contribution in [2.75, 3.05) is 106 Å². The monoisotopic (exact) mass is 734 g/mol. The van der Waals surface area contributed by atoms with Crippen LogP contribution in [0.4, 0.5) is 0 Å². The second-order valence-electron chi connectivity index (χ2n) is 10.8. The molecule has 2 atom stereocenters. The maximum Gasteiger partial charge on any atom is 0.339 e. The van der Waals surface area contributed by atoms with Crippen molar-refractivity contribution in [3.63, 3.8) is 0 Å². The van der Waals surface area contributed by atoms with E-state index < -0.39 is 23.8 Å². The van der Waals surface area contributed by atoms with Gasteiger partial charge in [0.25, 0.3) is 0 Å². The number of aliphatic hydroxyl groups excluding tert-OH is 2. The first-order valence-electron chi connectivity index (χ1n) is 16.9. The summed E-state index contributed by atoms with van der Waals surface area (Å²) in [4.78, 5) is 23.4. The zero-order valence-electron chi connectivity index (χ0n) is 28.9. The maximum atomic E-state index is 11.7. The first-order chi connectivity index (χ1) is 25.5. The zero-order chi connectivity index (χ0) is 36.6. The van der Waals surface area contributed by atoms with Gasteiger partial charge in [-0.1, -0.05) is 24.3 Å². The van der Waals surface area contributed by atoms with Gasteiger partial charge in [-0.05, 0) is 24.3 Å². The lowest BCUT2D eigenvalue weighted by molar-refractivity contribution is -0.0859. The average molecular weight is 735 g/mol. The summed E-state index contributed by atoms with van der Waals surface area (Å²) < 4.78 is 64.6. The number of hydrogen-bond acceptors (Lipinski definition) is 16. The number of rotatable bonds is 29. The first kappa shape index (κ1) is 40.8. The summed E-state index contributed by atoms with van der Waals surface area (Å²) in [6.07, 6.45) is -2.52. The van der Waals surface area contributed by atoms with Crippen molar-refractivity contribution in [2.45, 2.75) is 12.6 Å². The van der Waals surface area contributed by atoms with Crippen LogP contribution in [0.25, 0.3) is 21.9 Å². The standard InChI is InChI=1S/C36H46O16/c37-33-23-31(27-5-1-3-7-29(27)49-33)51-35(39)25-47-21-19-45-17-15-43-13-11-41-9-10-42-12-14-44-16-18-46-20-22-48-26-36(40)52-32-24-34(38)50-30-8-4-2-6-28(30)32/h1-8,23-24,35-36,39-40H,9-22,25-26H2. The predicted molar refractivity (Wildman–Crippen MR) is 185 cm³/mol. The lowest BCUT2D eigenvalue weighted by Crippen LogP contribution is -2.24. The van der Waals surface area contributed by atoms with E-state index in [2.05, 4.69) is 0 Å². The fourth-order valence-electron chi connectivity index (χ4n) is 4.53. The van der Waals surface area contributed by atoms with E-state index in [1.165, 1.54) is 12.1 Å². The van der Waals surface area contributed by atoms with Crippen molar-refractivity contribution < 1.29 is 66.4 Å². The minimum atomic E-state index is -1.26. The molecule has 0 aliphatic carbocycles. The van der Waals surface area contributed by atoms with Crippen molar-refractivity contribution >= 4 is 21.9 Å². The molecule has 52 heavy (non-hydrogen) atoms. The van der Waals surface area contributed by atoms with Crippen LogP contribution in [0.3, 0.4) is 0 Å². The van der Waals surface area contributed by atoms with E-state index in [-0.39, 0.29) is 37.9 Å². The van der Waals surface area contributed by atoms with Crippen molar-refractivity contribution in [3.05, 3.63) is 81.5 Å². The van der Waals surface area contributed by atoms with Crippen molar-refractivity contribution in [3.8, 4) is 11.5 Å². The Morgan fingerprint density at radius 1 is 0.442 bits per heavy atom. The Labute approximate surface area is 299 Å². The molecule has 0 aliphatic rings. The Bertz CT molecular complexity index is 1550. The summed E-state index contributed by atoms with van der Waals surface area (Å²) in [5.74, 6) is 0.442. The second-order valence-corrected chi connectivity index (χ2v) is 10.8. The number of benzene rings is 2. The van der Waals surface area contributed by atoms with Gasteiger partial charge in [-0.3, -0.25) is 0 Å². The van der Waals surface area contributed by atoms with Crippen LogP contribution in [0.5, 0.6) is 11.5 Å². The van der Waals surface area contributed by atoms with Crippen LogP contribution in [0, 0.1) is 0 Å². The van der Waals surface area contributed by atoms with Crippen LogP contribution in [0.1, 0.15) is 0 Å². The molecule has 0 bridgehead atoms. The van der Waals surface area contributed by atoms with Crippen LogP contribution in [-0.4, -0.2) is 129 Å². The van der Waals surface area contributed by atoms with E-state index in [9.17, 15) is 19.8 Å². The molecular formula is C36H46O16. The molecule has 2 N–H and O–H groups in total. The van der Waals surface area contributed by atoms with Gasteiger partial charge in [0.05, 0.1) is 115 Å². The third kappa shape index (κ3) is 15.7. The fraction of sp³-hybridized carbons (Fsp3) is 0.500. The summed E-state index contributed by atoms with van der Waals surface area (Å²) in [5.41, 5.74) is -0.403. The molecule has 0 aliphatic heterocycles. The number of fused-ring (bicyclic) bond motifs is 2. The number of ether oxygens (including phenoxy) is 10. The van der Waals surface area contributed by atoms with Gasteiger partial charge >= 0.3 is 11.3 Å². The van der Waals surface area contributed by atoms with Gasteiger partial charge < -0.3 is 66.4 Å². The highest BCUT2D eigenvalue weighted by atomic mass is 16.6. The Balaban J connectivity index is 0.842. The lowest BCUT2D eigenvalue weighted by atomic mass is 10.2. The normalized spacial score (nSPS) is 12.7. The van der Waals surface area contributed by atoms with Crippen LogP contribution < -0.4 is 20.7 Å². The largest absolute Gasteiger partial charge is 0.462 e. The van der Waals surface area contributed by atoms with Crippen LogP contribution in [-0.2, 0) is 37.9 Å². The van der Waals surface area contributed by atoms with Crippen molar-refractivity contribution in [1.29, 1.82) is 0 Å². The van der Waals surface area contributed by atoms with Gasteiger partial charge in [0.2, 0.25) is 12.6 Å². The Morgan fingerprint density at radius 2 is 0.731 bits per heavy atom. The summed E-state index contributed by atoms with van der Waals surface area (Å²) >= 11 is 0. The van der Waals surface area contributed by atoms with Gasteiger partial charge in [0.15, 0.2) is 0 Å². The van der Waals surface area contributed by atoms with Crippen LogP contribution in [0.15, 0.2) is 79.1 Å². The van der Waals surface area contributed by atoms with E-state index in [1.54, 1.807) is 48.5 Å². The SMILES string of the molecule is O=c1cc(OC(O)COCCOCCOCCOCCOCCOCCOCCOCC(O)Oc2cc(=O)oc3ccccc23)c2ccccc2o1. The molecule has 2 aromatic heterocycles. The molecule has 0 amide bonds. The van der Waals surface area contributed by atoms with Crippen molar-refractivity contribution in [2.24, 2.45) is 0 Å². The summed E-state index contributed by atoms with van der Waals surface area (Å²) in [5, 5.41) is 21.3. The summed E-state index contributed by atoms with van der Waals surface area (Å²) in [6.45, 7) is 5.05. The molecule has 0 spiro atoms. The minimum absolute atomic E-state index is 0.0971. The van der Waals surface area contributed by atoms with Gasteiger partial charge in [0, 0.05) is 0 Å². The first-order valence-corrected chi connectivity index (χ1v) is 16.9. The molecule has 0 radical (unpaired) electrons. The highest BCUT2D eigenvalue weighted by Crippen LogP contribution is 2.25. The van der Waals surface area contributed by atoms with Crippen LogP contribution in [0.2, 0.25) is 0 Å². The van der Waals surface area contributed by atoms with E-state index in [4.69, 9.17) is 56.2 Å². The summed E-state index contributed by atoms with van der Waals surface area (Å²) in [7, 11) is 0. The zero-order valence-corrected chi connectivity index (χ0v) is 28.9. The quantitative estimate of drug-likeness (QED) is 0.0468. The molecule has 0 saturated carbocycles. The summed E-state index contributed by atoms with van der Waals surface area (Å²) in [6, 6.07) is 16.1. The number of para-hydroxylation sites is 2. The predicted octanol–water partition coefficient (Wildman–Crippen LogP) is 2.13. The molecular weight excluding hydrogens is 688 g/mol. The number of hydrogen-bond donors (Lipinski definition) is 2. The Hall–Kier alpha value is -3.94. The molecule has 4 rings (SSSR count). The van der Waals surface area contributed by atoms with E-state index in [1.807, 2.05) is 0 Å². The fourth-order valence-corrected chi connectivity index (χ4v) is 4.53. The third-order valence-electron chi connectivity index (χ3n) is 6.87. The molecule has 0 saturated heterocycles. The van der Waals surface area contributed by atoms with Gasteiger partial charge in [-0.25, -0.2) is 9.59 Å². The Kier molecular flexibility index (Phi) is 19.1. The van der Waals surface area contributed by atoms with Crippen molar-refractivity contribution in [1.82, 2.24) is 0 Å². The third-order valence-corrected chi connectivity index (χ3v) is 6.87. The average Bonchev–Trinajstić information content (AvgIpc) is 3.13. The second kappa shape index (κ2) is 24.3. The molecule has 2 aromatic carbocycles. The topological polar surface area (TPSA) is 193 Å². The van der Waals surface area contributed by atoms with Gasteiger partial charge in [-0.15, -0.1) is 0 Å². The van der Waals surface area contributed by atoms with Gasteiger partial charge in [0.1, 0.15) is 35.9 Å². The van der Waals surface area contributed by atoms with E-state index in [0.717, 1.165) is 0 Å². The molecule has 0 fully saturated rings. The lowest BCUT2D eigenvalue weighted by Gasteiger charge is -2.15. The highest BCUT2D eigenvalue weighted by Gasteiger charge is 2.13. The molecule has 2 heterocycles. The number of aliphatic hydroxyl groups is 2. The van der Waals surface area contributed by atoms with Gasteiger partial charge in [-0.2, -0.15) is 0 Å². The smallest absolute Gasteiger partial charge is 0.339 e. The molecule has 286 valence electrons. The Morgan fingerprint density at radius 3 is 1.06 bits per heavy atom. The minimum Gasteiger partial charge on any atom is -0.462 e. The molecule has 4 aromatic rings. The van der Waals surface area contributed by atoms with E-state index >= 15 is 0 Å². The molecule has 2 unspecified atom stereocenters. The van der Waals surface area contributed by atoms with Crippen LogP contribution >= 0.6 is 0 Å². The highest BCUT2D eigenvalue weighted by molar-refractivity contribution is 5.83. The molecule has 16 nitrogen and oxygen atoms in total. The van der Waals surface area contributed by atoms with E-state index in [0.29, 0.717) is 101 Å². The maximum absolute atomic E-state index is 11.7.